The third-order valence-electron chi connectivity index (χ3n) is 9.68. The van der Waals surface area contributed by atoms with E-state index in [-0.39, 0.29) is 23.7 Å². The molecule has 2 aromatic rings. The molecule has 2 N–H and O–H groups in total. The zero-order valence-corrected chi connectivity index (χ0v) is 20.6. The van der Waals surface area contributed by atoms with E-state index in [1.54, 1.807) is 35.5 Å². The van der Waals surface area contributed by atoms with E-state index in [1.807, 2.05) is 25.2 Å². The minimum Gasteiger partial charge on any atom is -0.504 e. The van der Waals surface area contributed by atoms with Gasteiger partial charge >= 0.3 is 0 Å². The van der Waals surface area contributed by atoms with Gasteiger partial charge < -0.3 is 19.8 Å². The van der Waals surface area contributed by atoms with Crippen LogP contribution in [0.1, 0.15) is 48.8 Å². The lowest BCUT2D eigenvalue weighted by atomic mass is 9.48. The molecule has 7 nitrogen and oxygen atoms in total. The zero-order chi connectivity index (χ0) is 24.7. The summed E-state index contributed by atoms with van der Waals surface area (Å²) in [6, 6.07) is 7.34. The fraction of sp³-hybridized carbons (Fsp3) is 0.517. The molecule has 3 fully saturated rings. The van der Waals surface area contributed by atoms with Gasteiger partial charge in [-0.3, -0.25) is 14.7 Å². The molecule has 1 spiro atoms. The Balaban J connectivity index is 1.26. The average molecular weight is 488 g/mol. The fourth-order valence-electron chi connectivity index (χ4n) is 7.78. The number of benzene rings is 1. The highest BCUT2D eigenvalue weighted by molar-refractivity contribution is 5.92. The van der Waals surface area contributed by atoms with E-state index < -0.39 is 17.1 Å². The molecule has 2 aliphatic heterocycles. The standard InChI is InChI=1S/C29H33N3O4/c1-31(24(34)9-6-18-3-2-13-30-16-18)21-10-11-29(35)23-15-20-7-8-22(33)26-25(20)28(29,27(21)36-26)12-14-32(23)17-19-4-5-19/h2-3,6-9,13,16,19,21,23,27,33,35H,4-5,10-12,14-15,17H2,1H3/b9-6+/t21-,23-,27+,28+,29-/m1/s1. The first-order valence-corrected chi connectivity index (χ1v) is 13.3. The first-order valence-electron chi connectivity index (χ1n) is 13.3. The summed E-state index contributed by atoms with van der Waals surface area (Å²) < 4.78 is 6.59. The lowest BCUT2D eigenvalue weighted by Crippen LogP contribution is -2.78. The van der Waals surface area contributed by atoms with E-state index in [0.717, 1.165) is 43.0 Å². The summed E-state index contributed by atoms with van der Waals surface area (Å²) in [5, 5.41) is 23.4. The number of carbonyl (C=O) groups is 1. The summed E-state index contributed by atoms with van der Waals surface area (Å²) in [4.78, 5) is 21.7. The van der Waals surface area contributed by atoms with Crippen LogP contribution in [0.2, 0.25) is 0 Å². The maximum Gasteiger partial charge on any atom is 0.246 e. The number of carbonyl (C=O) groups excluding carboxylic acids is 1. The summed E-state index contributed by atoms with van der Waals surface area (Å²) >= 11 is 0. The number of likely N-dealkylation sites (N-methyl/N-ethyl adjacent to an activating group) is 1. The van der Waals surface area contributed by atoms with Crippen molar-refractivity contribution in [1.82, 2.24) is 14.8 Å². The van der Waals surface area contributed by atoms with Crippen LogP contribution >= 0.6 is 0 Å². The molecule has 7 heteroatoms. The van der Waals surface area contributed by atoms with E-state index in [2.05, 4.69) is 9.88 Å². The minimum atomic E-state index is -0.942. The second-order valence-corrected chi connectivity index (χ2v) is 11.5. The molecule has 0 radical (unpaired) electrons. The third kappa shape index (κ3) is 2.99. The molecule has 3 heterocycles. The van der Waals surface area contributed by atoms with E-state index in [4.69, 9.17) is 4.74 Å². The number of phenols is 1. The number of likely N-dealkylation sites (tertiary alicyclic amines) is 1. The van der Waals surface area contributed by atoms with Crippen LogP contribution in [0.25, 0.3) is 6.08 Å². The molecule has 0 unspecified atom stereocenters. The molecule has 1 amide bonds. The first-order chi connectivity index (χ1) is 17.4. The number of aliphatic hydroxyl groups is 1. The highest BCUT2D eigenvalue weighted by atomic mass is 16.5. The Bertz CT molecular complexity index is 1240. The maximum atomic E-state index is 13.3. The lowest BCUT2D eigenvalue weighted by molar-refractivity contribution is -0.200. The van der Waals surface area contributed by atoms with Gasteiger partial charge in [0, 0.05) is 43.7 Å². The SMILES string of the molecule is CN(C(=O)/C=C/c1cccnc1)[C@@H]1CC[C@@]2(O)[C@H]3Cc4ccc(O)c5c4[C@@]2(CCN3CC2CC2)[C@H]1O5. The maximum absolute atomic E-state index is 13.3. The van der Waals surface area contributed by atoms with Crippen LogP contribution in [0.4, 0.5) is 0 Å². The van der Waals surface area contributed by atoms with Crippen molar-refractivity contribution in [3.05, 3.63) is 59.4 Å². The summed E-state index contributed by atoms with van der Waals surface area (Å²) in [6.45, 7) is 1.96. The summed E-state index contributed by atoms with van der Waals surface area (Å²) in [6.07, 6.45) is 11.8. The second kappa shape index (κ2) is 7.80. The van der Waals surface area contributed by atoms with E-state index in [9.17, 15) is 15.0 Å². The van der Waals surface area contributed by atoms with Crippen molar-refractivity contribution in [3.63, 3.8) is 0 Å². The smallest absolute Gasteiger partial charge is 0.246 e. The number of piperidine rings is 1. The van der Waals surface area contributed by atoms with Gasteiger partial charge in [0.2, 0.25) is 5.91 Å². The Morgan fingerprint density at radius 3 is 2.92 bits per heavy atom. The number of nitrogens with zero attached hydrogens (tertiary/aromatic N) is 3. The highest BCUT2D eigenvalue weighted by Crippen LogP contribution is 2.66. The molecule has 1 aromatic carbocycles. The summed E-state index contributed by atoms with van der Waals surface area (Å²) in [7, 11) is 1.83. The van der Waals surface area contributed by atoms with E-state index in [0.29, 0.717) is 18.6 Å². The van der Waals surface area contributed by atoms with Gasteiger partial charge in [-0.1, -0.05) is 12.1 Å². The van der Waals surface area contributed by atoms with Crippen molar-refractivity contribution in [1.29, 1.82) is 0 Å². The van der Waals surface area contributed by atoms with Crippen LogP contribution in [0.3, 0.4) is 0 Å². The van der Waals surface area contributed by atoms with Crippen LogP contribution < -0.4 is 4.74 Å². The molecule has 36 heavy (non-hydrogen) atoms. The molecule has 1 saturated heterocycles. The van der Waals surface area contributed by atoms with Gasteiger partial charge in [0.05, 0.1) is 17.1 Å². The van der Waals surface area contributed by atoms with Gasteiger partial charge in [-0.2, -0.15) is 0 Å². The van der Waals surface area contributed by atoms with Gasteiger partial charge in [0.25, 0.3) is 0 Å². The Labute approximate surface area is 211 Å². The average Bonchev–Trinajstić information content (AvgIpc) is 3.63. The number of ether oxygens (including phenoxy) is 1. The van der Waals surface area contributed by atoms with Crippen LogP contribution in [0, 0.1) is 5.92 Å². The topological polar surface area (TPSA) is 86.1 Å². The third-order valence-corrected chi connectivity index (χ3v) is 9.68. The number of aromatic hydroxyl groups is 1. The fourth-order valence-corrected chi connectivity index (χ4v) is 7.78. The van der Waals surface area contributed by atoms with Crippen molar-refractivity contribution in [2.45, 2.75) is 67.7 Å². The Morgan fingerprint density at radius 2 is 2.14 bits per heavy atom. The van der Waals surface area contributed by atoms with E-state index in [1.165, 1.54) is 18.4 Å². The molecule has 7 rings (SSSR count). The monoisotopic (exact) mass is 487 g/mol. The lowest BCUT2D eigenvalue weighted by Gasteiger charge is -2.64. The van der Waals surface area contributed by atoms with Crippen LogP contribution in [-0.4, -0.2) is 74.8 Å². The predicted molar refractivity (Wildman–Crippen MR) is 135 cm³/mol. The minimum absolute atomic E-state index is 0.0355. The molecular weight excluding hydrogens is 454 g/mol. The Morgan fingerprint density at radius 1 is 1.28 bits per heavy atom. The Kier molecular flexibility index (Phi) is 4.83. The molecule has 5 atom stereocenters. The molecule has 2 saturated carbocycles. The van der Waals surface area contributed by atoms with Crippen LogP contribution in [-0.2, 0) is 16.6 Å². The van der Waals surface area contributed by atoms with Gasteiger partial charge in [-0.25, -0.2) is 0 Å². The van der Waals surface area contributed by atoms with Crippen molar-refractivity contribution < 1.29 is 19.7 Å². The van der Waals surface area contributed by atoms with Gasteiger partial charge in [-0.15, -0.1) is 0 Å². The van der Waals surface area contributed by atoms with Crippen molar-refractivity contribution in [3.8, 4) is 11.5 Å². The normalized spacial score (nSPS) is 34.3. The van der Waals surface area contributed by atoms with Crippen molar-refractivity contribution in [2.24, 2.45) is 5.92 Å². The van der Waals surface area contributed by atoms with Crippen LogP contribution in [0.15, 0.2) is 42.7 Å². The number of hydrogen-bond acceptors (Lipinski definition) is 6. The van der Waals surface area contributed by atoms with Gasteiger partial charge in [0.1, 0.15) is 6.10 Å². The zero-order valence-electron chi connectivity index (χ0n) is 20.6. The number of aromatic nitrogens is 1. The largest absolute Gasteiger partial charge is 0.504 e. The van der Waals surface area contributed by atoms with Crippen LogP contribution in [0.5, 0.6) is 11.5 Å². The molecule has 1 aromatic heterocycles. The Hall–Kier alpha value is -2.90. The number of rotatable bonds is 5. The van der Waals surface area contributed by atoms with E-state index >= 15 is 0 Å². The molecule has 188 valence electrons. The second-order valence-electron chi connectivity index (χ2n) is 11.5. The number of phenolic OH excluding ortho intramolecular Hbond substituents is 1. The quantitative estimate of drug-likeness (QED) is 0.631. The predicted octanol–water partition coefficient (Wildman–Crippen LogP) is 2.89. The highest BCUT2D eigenvalue weighted by Gasteiger charge is 2.73. The number of hydrogen-bond donors (Lipinski definition) is 2. The summed E-state index contributed by atoms with van der Waals surface area (Å²) in [5.74, 6) is 1.29. The van der Waals surface area contributed by atoms with Gasteiger partial charge in [-0.05, 0) is 80.3 Å². The molecular formula is C29H33N3O4. The van der Waals surface area contributed by atoms with Crippen molar-refractivity contribution in [2.75, 3.05) is 20.1 Å². The molecule has 5 aliphatic rings. The first kappa shape index (κ1) is 22.3. The molecule has 2 bridgehead atoms. The summed E-state index contributed by atoms with van der Waals surface area (Å²) in [5.41, 5.74) is 1.47. The number of pyridine rings is 1. The van der Waals surface area contributed by atoms with Gasteiger partial charge in [0.15, 0.2) is 11.5 Å². The molecule has 3 aliphatic carbocycles. The number of amides is 1. The van der Waals surface area contributed by atoms with Crippen molar-refractivity contribution >= 4 is 12.0 Å².